The summed E-state index contributed by atoms with van der Waals surface area (Å²) in [6.07, 6.45) is 1.28. The van der Waals surface area contributed by atoms with Crippen molar-refractivity contribution < 1.29 is 9.66 Å². The summed E-state index contributed by atoms with van der Waals surface area (Å²) in [7, 11) is 0. The summed E-state index contributed by atoms with van der Waals surface area (Å²) in [6, 6.07) is 7.10. The van der Waals surface area contributed by atoms with E-state index in [4.69, 9.17) is 4.74 Å². The minimum absolute atomic E-state index is 0.139. The molecule has 0 fully saturated rings. The van der Waals surface area contributed by atoms with Crippen molar-refractivity contribution in [2.24, 2.45) is 0 Å². The van der Waals surface area contributed by atoms with Crippen LogP contribution in [0.5, 0.6) is 5.75 Å². The average molecular weight is 303 g/mol. The van der Waals surface area contributed by atoms with Crippen LogP contribution in [0.15, 0.2) is 30.6 Å². The second kappa shape index (κ2) is 7.21. The van der Waals surface area contributed by atoms with Crippen molar-refractivity contribution in [1.29, 1.82) is 0 Å². The number of hydrogen-bond acceptors (Lipinski definition) is 7. The fourth-order valence-corrected chi connectivity index (χ4v) is 1.88. The fraction of sp³-hybridized carbons (Fsp3) is 0.286. The number of hydrogen-bond donors (Lipinski definition) is 2. The maximum Gasteiger partial charge on any atom is 0.353 e. The molecule has 0 saturated heterocycles. The molecule has 0 aliphatic carbocycles. The van der Waals surface area contributed by atoms with E-state index in [9.17, 15) is 10.1 Å². The predicted octanol–water partition coefficient (Wildman–Crippen LogP) is 2.96. The highest BCUT2D eigenvalue weighted by Gasteiger charge is 2.22. The lowest BCUT2D eigenvalue weighted by atomic mass is 10.3. The minimum atomic E-state index is -0.505. The number of rotatable bonds is 7. The van der Waals surface area contributed by atoms with Gasteiger partial charge in [-0.15, -0.1) is 0 Å². The van der Waals surface area contributed by atoms with E-state index in [-0.39, 0.29) is 17.3 Å². The molecule has 2 rings (SSSR count). The number of anilines is 3. The summed E-state index contributed by atoms with van der Waals surface area (Å²) in [6.45, 7) is 4.85. The van der Waals surface area contributed by atoms with Gasteiger partial charge in [-0.3, -0.25) is 10.1 Å². The van der Waals surface area contributed by atoms with Gasteiger partial charge in [0.15, 0.2) is 0 Å². The van der Waals surface area contributed by atoms with E-state index >= 15 is 0 Å². The topological polar surface area (TPSA) is 102 Å². The Hall–Kier alpha value is -2.90. The summed E-state index contributed by atoms with van der Waals surface area (Å²) >= 11 is 0. The molecule has 0 spiro atoms. The van der Waals surface area contributed by atoms with Crippen LogP contribution in [-0.2, 0) is 0 Å². The first-order valence-corrected chi connectivity index (χ1v) is 6.88. The molecule has 0 aliphatic heterocycles. The molecule has 22 heavy (non-hydrogen) atoms. The summed E-state index contributed by atoms with van der Waals surface area (Å²) in [4.78, 5) is 18.6. The van der Waals surface area contributed by atoms with Crippen molar-refractivity contribution in [2.45, 2.75) is 13.8 Å². The molecule has 1 heterocycles. The first kappa shape index (κ1) is 15.5. The second-order valence-corrected chi connectivity index (χ2v) is 4.29. The minimum Gasteiger partial charge on any atom is -0.494 e. The fourth-order valence-electron chi connectivity index (χ4n) is 1.88. The van der Waals surface area contributed by atoms with E-state index in [2.05, 4.69) is 20.6 Å². The molecule has 0 saturated carbocycles. The molecule has 0 radical (unpaired) electrons. The van der Waals surface area contributed by atoms with Crippen LogP contribution in [0.1, 0.15) is 13.8 Å². The number of nitro groups is 1. The molecule has 0 aliphatic rings. The molecular weight excluding hydrogens is 286 g/mol. The molecule has 0 atom stereocenters. The van der Waals surface area contributed by atoms with E-state index in [1.165, 1.54) is 6.33 Å². The van der Waals surface area contributed by atoms with Gasteiger partial charge in [0, 0.05) is 12.2 Å². The zero-order valence-corrected chi connectivity index (χ0v) is 12.4. The third kappa shape index (κ3) is 3.60. The average Bonchev–Trinajstić information content (AvgIpc) is 2.50. The SMILES string of the molecule is CCNc1ncnc(Nc2ccc(OCC)cc2)c1[N+](=O)[O-]. The van der Waals surface area contributed by atoms with Crippen molar-refractivity contribution in [3.05, 3.63) is 40.7 Å². The van der Waals surface area contributed by atoms with E-state index in [0.717, 1.165) is 5.75 Å². The van der Waals surface area contributed by atoms with Gasteiger partial charge < -0.3 is 15.4 Å². The van der Waals surface area contributed by atoms with Crippen LogP contribution in [0.2, 0.25) is 0 Å². The Bertz CT molecular complexity index is 645. The predicted molar refractivity (Wildman–Crippen MR) is 83.7 cm³/mol. The Kier molecular flexibility index (Phi) is 5.07. The zero-order chi connectivity index (χ0) is 15.9. The molecule has 8 heteroatoms. The van der Waals surface area contributed by atoms with E-state index in [1.54, 1.807) is 24.3 Å². The van der Waals surface area contributed by atoms with Gasteiger partial charge in [0.05, 0.1) is 11.5 Å². The van der Waals surface area contributed by atoms with Gasteiger partial charge in [-0.25, -0.2) is 9.97 Å². The normalized spacial score (nSPS) is 10.1. The van der Waals surface area contributed by atoms with Crippen molar-refractivity contribution in [3.63, 3.8) is 0 Å². The van der Waals surface area contributed by atoms with Crippen LogP contribution in [0.3, 0.4) is 0 Å². The number of nitrogens with zero attached hydrogens (tertiary/aromatic N) is 3. The molecule has 1 aromatic heterocycles. The Morgan fingerprint density at radius 3 is 2.45 bits per heavy atom. The number of ether oxygens (including phenoxy) is 1. The first-order chi connectivity index (χ1) is 10.7. The standard InChI is InChI=1S/C14H17N5O3/c1-3-15-13-12(19(20)21)14(17-9-16-13)18-10-5-7-11(8-6-10)22-4-2/h5-9H,3-4H2,1-2H3,(H2,15,16,17,18). The van der Waals surface area contributed by atoms with Crippen LogP contribution < -0.4 is 15.4 Å². The van der Waals surface area contributed by atoms with Crippen LogP contribution in [-0.4, -0.2) is 28.0 Å². The maximum absolute atomic E-state index is 11.3. The van der Waals surface area contributed by atoms with Gasteiger partial charge in [0.1, 0.15) is 12.1 Å². The van der Waals surface area contributed by atoms with Crippen molar-refractivity contribution in [3.8, 4) is 5.75 Å². The van der Waals surface area contributed by atoms with E-state index < -0.39 is 4.92 Å². The third-order valence-corrected chi connectivity index (χ3v) is 2.78. The lowest BCUT2D eigenvalue weighted by Gasteiger charge is -2.09. The maximum atomic E-state index is 11.3. The lowest BCUT2D eigenvalue weighted by molar-refractivity contribution is -0.383. The second-order valence-electron chi connectivity index (χ2n) is 4.29. The molecule has 0 unspecified atom stereocenters. The largest absolute Gasteiger partial charge is 0.494 e. The van der Waals surface area contributed by atoms with Gasteiger partial charge in [0.2, 0.25) is 11.6 Å². The monoisotopic (exact) mass is 303 g/mol. The quantitative estimate of drug-likeness (QED) is 0.598. The molecule has 8 nitrogen and oxygen atoms in total. The number of benzene rings is 1. The van der Waals surface area contributed by atoms with Crippen LogP contribution in [0, 0.1) is 10.1 Å². The van der Waals surface area contributed by atoms with E-state index in [1.807, 2.05) is 13.8 Å². The summed E-state index contributed by atoms with van der Waals surface area (Å²) in [5.74, 6) is 1.06. The highest BCUT2D eigenvalue weighted by Crippen LogP contribution is 2.31. The molecular formula is C14H17N5O3. The van der Waals surface area contributed by atoms with Crippen molar-refractivity contribution >= 4 is 23.0 Å². The van der Waals surface area contributed by atoms with Crippen LogP contribution in [0.25, 0.3) is 0 Å². The Labute approximate surface area is 127 Å². The van der Waals surface area contributed by atoms with Gasteiger partial charge in [0.25, 0.3) is 0 Å². The Balaban J connectivity index is 2.28. The number of nitrogens with one attached hydrogen (secondary N) is 2. The van der Waals surface area contributed by atoms with Gasteiger partial charge in [-0.2, -0.15) is 0 Å². The summed E-state index contributed by atoms with van der Waals surface area (Å²) in [5.41, 5.74) is 0.492. The molecule has 2 aromatic rings. The molecule has 1 aromatic carbocycles. The lowest BCUT2D eigenvalue weighted by Crippen LogP contribution is -2.07. The van der Waals surface area contributed by atoms with Gasteiger partial charge >= 0.3 is 5.69 Å². The molecule has 0 amide bonds. The van der Waals surface area contributed by atoms with Gasteiger partial charge in [-0.1, -0.05) is 0 Å². The van der Waals surface area contributed by atoms with E-state index in [0.29, 0.717) is 18.8 Å². The van der Waals surface area contributed by atoms with Crippen LogP contribution >= 0.6 is 0 Å². The molecule has 2 N–H and O–H groups in total. The first-order valence-electron chi connectivity index (χ1n) is 6.88. The highest BCUT2D eigenvalue weighted by molar-refractivity contribution is 5.73. The van der Waals surface area contributed by atoms with Crippen LogP contribution in [0.4, 0.5) is 23.0 Å². The highest BCUT2D eigenvalue weighted by atomic mass is 16.6. The van der Waals surface area contributed by atoms with Crippen molar-refractivity contribution in [2.75, 3.05) is 23.8 Å². The Morgan fingerprint density at radius 1 is 1.18 bits per heavy atom. The summed E-state index contributed by atoms with van der Waals surface area (Å²) in [5, 5.41) is 17.1. The smallest absolute Gasteiger partial charge is 0.353 e. The summed E-state index contributed by atoms with van der Waals surface area (Å²) < 4.78 is 5.35. The molecule has 116 valence electrons. The van der Waals surface area contributed by atoms with Gasteiger partial charge in [-0.05, 0) is 38.1 Å². The van der Waals surface area contributed by atoms with Crippen molar-refractivity contribution in [1.82, 2.24) is 9.97 Å². The molecule has 0 bridgehead atoms. The third-order valence-electron chi connectivity index (χ3n) is 2.78. The number of aromatic nitrogens is 2. The Morgan fingerprint density at radius 2 is 1.86 bits per heavy atom. The zero-order valence-electron chi connectivity index (χ0n) is 12.4.